The number of hydrogen-bond donors (Lipinski definition) is 1. The van der Waals surface area contributed by atoms with Gasteiger partial charge in [0.15, 0.2) is 10.9 Å². The van der Waals surface area contributed by atoms with Crippen LogP contribution in [0.1, 0.15) is 37.6 Å². The number of rotatable bonds is 6. The molecule has 32 heavy (non-hydrogen) atoms. The summed E-state index contributed by atoms with van der Waals surface area (Å²) in [7, 11) is 1.67. The highest BCUT2D eigenvalue weighted by atomic mass is 32.1. The van der Waals surface area contributed by atoms with E-state index >= 15 is 0 Å². The van der Waals surface area contributed by atoms with E-state index in [0.717, 1.165) is 10.9 Å². The van der Waals surface area contributed by atoms with E-state index < -0.39 is 5.60 Å². The molecule has 2 aliphatic rings. The molecule has 0 saturated carbocycles. The van der Waals surface area contributed by atoms with E-state index in [4.69, 9.17) is 14.5 Å². The van der Waals surface area contributed by atoms with Crippen molar-refractivity contribution in [1.82, 2.24) is 15.3 Å². The Bertz CT molecular complexity index is 975. The van der Waals surface area contributed by atoms with Gasteiger partial charge in [-0.05, 0) is 32.9 Å². The molecule has 10 heteroatoms. The molecule has 1 N–H and O–H groups in total. The monoisotopic (exact) mass is 459 g/mol. The number of carbonyl (C=O) groups is 2. The first-order valence-electron chi connectivity index (χ1n) is 10.7. The number of ether oxygens (including phenoxy) is 2. The number of nitrogens with zero attached hydrogens (tertiary/aromatic N) is 4. The van der Waals surface area contributed by atoms with E-state index in [1.165, 1.54) is 11.3 Å². The number of aromatic nitrogens is 2. The predicted molar refractivity (Wildman–Crippen MR) is 123 cm³/mol. The highest BCUT2D eigenvalue weighted by Gasteiger charge is 2.35. The van der Waals surface area contributed by atoms with Crippen molar-refractivity contribution in [3.8, 4) is 0 Å². The SMILES string of the molecule is COC1CN(c2ccc3c(n2)N(c2nccs2)CCC3=O)CC1NCC(=O)OC(C)(C)C. The van der Waals surface area contributed by atoms with Gasteiger partial charge in [-0.1, -0.05) is 0 Å². The van der Waals surface area contributed by atoms with Crippen molar-refractivity contribution in [2.24, 2.45) is 0 Å². The summed E-state index contributed by atoms with van der Waals surface area (Å²) < 4.78 is 11.0. The smallest absolute Gasteiger partial charge is 0.320 e. The second-order valence-electron chi connectivity index (χ2n) is 8.93. The second-order valence-corrected chi connectivity index (χ2v) is 9.81. The maximum Gasteiger partial charge on any atom is 0.320 e. The minimum Gasteiger partial charge on any atom is -0.459 e. The Morgan fingerprint density at radius 3 is 2.81 bits per heavy atom. The summed E-state index contributed by atoms with van der Waals surface area (Å²) in [5.41, 5.74) is 0.104. The fourth-order valence-electron chi connectivity index (χ4n) is 4.02. The van der Waals surface area contributed by atoms with E-state index in [-0.39, 0.29) is 30.4 Å². The van der Waals surface area contributed by atoms with Crippen LogP contribution >= 0.6 is 11.3 Å². The molecule has 0 bridgehead atoms. The number of pyridine rings is 1. The molecule has 2 aliphatic heterocycles. The molecule has 0 radical (unpaired) electrons. The summed E-state index contributed by atoms with van der Waals surface area (Å²) in [5.74, 6) is 1.21. The Balaban J connectivity index is 1.50. The minimum atomic E-state index is -0.519. The third kappa shape index (κ3) is 4.92. The van der Waals surface area contributed by atoms with Crippen LogP contribution in [0.2, 0.25) is 0 Å². The van der Waals surface area contributed by atoms with Crippen molar-refractivity contribution >= 4 is 39.9 Å². The summed E-state index contributed by atoms with van der Waals surface area (Å²) in [4.78, 5) is 37.9. The van der Waals surface area contributed by atoms with E-state index in [2.05, 4.69) is 15.2 Å². The van der Waals surface area contributed by atoms with Crippen LogP contribution in [0.25, 0.3) is 0 Å². The van der Waals surface area contributed by atoms with Crippen molar-refractivity contribution < 1.29 is 19.1 Å². The van der Waals surface area contributed by atoms with Gasteiger partial charge in [-0.25, -0.2) is 9.97 Å². The lowest BCUT2D eigenvalue weighted by atomic mass is 10.0. The highest BCUT2D eigenvalue weighted by molar-refractivity contribution is 7.13. The predicted octanol–water partition coefficient (Wildman–Crippen LogP) is 2.40. The van der Waals surface area contributed by atoms with E-state index in [0.29, 0.717) is 37.4 Å². The molecule has 2 aromatic heterocycles. The molecule has 0 aliphatic carbocycles. The summed E-state index contributed by atoms with van der Waals surface area (Å²) in [6, 6.07) is 3.68. The van der Waals surface area contributed by atoms with Gasteiger partial charge in [0.25, 0.3) is 0 Å². The molecular formula is C22H29N5O4S. The third-order valence-corrected chi connectivity index (χ3v) is 6.25. The van der Waals surface area contributed by atoms with Crippen LogP contribution in [0.15, 0.2) is 23.7 Å². The zero-order chi connectivity index (χ0) is 22.9. The zero-order valence-electron chi connectivity index (χ0n) is 18.8. The minimum absolute atomic E-state index is 0.0537. The Hall–Kier alpha value is -2.56. The van der Waals surface area contributed by atoms with Gasteiger partial charge in [0.2, 0.25) is 0 Å². The topological polar surface area (TPSA) is 96.9 Å². The van der Waals surface area contributed by atoms with E-state index in [1.54, 1.807) is 13.3 Å². The zero-order valence-corrected chi connectivity index (χ0v) is 19.6. The lowest BCUT2D eigenvalue weighted by Crippen LogP contribution is -2.44. The third-order valence-electron chi connectivity index (χ3n) is 5.45. The van der Waals surface area contributed by atoms with Crippen LogP contribution in [-0.4, -0.2) is 72.8 Å². The van der Waals surface area contributed by atoms with Crippen LogP contribution in [0.4, 0.5) is 16.8 Å². The summed E-state index contributed by atoms with van der Waals surface area (Å²) in [6.07, 6.45) is 2.09. The van der Waals surface area contributed by atoms with Crippen molar-refractivity contribution in [3.05, 3.63) is 29.3 Å². The number of ketones is 1. The van der Waals surface area contributed by atoms with Crippen LogP contribution in [0.5, 0.6) is 0 Å². The molecule has 1 saturated heterocycles. The van der Waals surface area contributed by atoms with Gasteiger partial charge in [-0.15, -0.1) is 11.3 Å². The van der Waals surface area contributed by atoms with E-state index in [1.807, 2.05) is 43.2 Å². The molecule has 172 valence electrons. The summed E-state index contributed by atoms with van der Waals surface area (Å²) in [6.45, 7) is 7.47. The molecule has 2 unspecified atom stereocenters. The molecular weight excluding hydrogens is 430 g/mol. The molecule has 4 rings (SSSR count). The normalized spacial score (nSPS) is 21.1. The maximum atomic E-state index is 12.5. The Morgan fingerprint density at radius 2 is 2.12 bits per heavy atom. The highest BCUT2D eigenvalue weighted by Crippen LogP contribution is 2.35. The van der Waals surface area contributed by atoms with Crippen LogP contribution in [0.3, 0.4) is 0 Å². The van der Waals surface area contributed by atoms with E-state index in [9.17, 15) is 9.59 Å². The standard InChI is InChI=1S/C22H29N5O4S/c1-22(2,3)31-19(29)11-24-15-12-26(13-17(15)30-4)18-6-5-14-16(28)7-9-27(20(14)25-18)21-23-8-10-32-21/h5-6,8,10,15,17,24H,7,9,11-13H2,1-4H3. The van der Waals surface area contributed by atoms with Gasteiger partial charge in [-0.2, -0.15) is 0 Å². The van der Waals surface area contributed by atoms with Crippen LogP contribution in [-0.2, 0) is 14.3 Å². The molecule has 9 nitrogen and oxygen atoms in total. The van der Waals surface area contributed by atoms with Crippen LogP contribution < -0.4 is 15.1 Å². The number of thiazole rings is 1. The molecule has 0 amide bonds. The number of hydrogen-bond acceptors (Lipinski definition) is 10. The number of carbonyl (C=O) groups excluding carboxylic acids is 2. The quantitative estimate of drug-likeness (QED) is 0.653. The molecule has 2 atom stereocenters. The Labute approximate surface area is 191 Å². The number of nitrogens with one attached hydrogen (secondary N) is 1. The molecule has 0 aromatic carbocycles. The number of methoxy groups -OCH3 is 1. The average Bonchev–Trinajstić information content (AvgIpc) is 3.41. The Morgan fingerprint density at radius 1 is 1.31 bits per heavy atom. The van der Waals surface area contributed by atoms with Gasteiger partial charge >= 0.3 is 5.97 Å². The van der Waals surface area contributed by atoms with Crippen molar-refractivity contribution in [3.63, 3.8) is 0 Å². The van der Waals surface area contributed by atoms with Crippen molar-refractivity contribution in [2.45, 2.75) is 44.9 Å². The number of anilines is 3. The number of esters is 1. The lowest BCUT2D eigenvalue weighted by molar-refractivity contribution is -0.153. The summed E-state index contributed by atoms with van der Waals surface area (Å²) >= 11 is 1.53. The molecule has 4 heterocycles. The van der Waals surface area contributed by atoms with Gasteiger partial charge in [0.05, 0.1) is 24.3 Å². The maximum absolute atomic E-state index is 12.5. The molecule has 1 fully saturated rings. The fraction of sp³-hybridized carbons (Fsp3) is 0.545. The van der Waals surface area contributed by atoms with Crippen molar-refractivity contribution in [2.75, 3.05) is 43.1 Å². The van der Waals surface area contributed by atoms with Crippen molar-refractivity contribution in [1.29, 1.82) is 0 Å². The molecule has 2 aromatic rings. The van der Waals surface area contributed by atoms with Gasteiger partial charge in [-0.3, -0.25) is 14.9 Å². The largest absolute Gasteiger partial charge is 0.459 e. The lowest BCUT2D eigenvalue weighted by Gasteiger charge is -2.28. The molecule has 0 spiro atoms. The van der Waals surface area contributed by atoms with Crippen LogP contribution in [0, 0.1) is 0 Å². The Kier molecular flexibility index (Phi) is 6.45. The summed E-state index contributed by atoms with van der Waals surface area (Å²) in [5, 5.41) is 6.01. The first-order chi connectivity index (χ1) is 15.2. The van der Waals surface area contributed by atoms with Gasteiger partial charge < -0.3 is 19.3 Å². The van der Waals surface area contributed by atoms with Gasteiger partial charge in [0.1, 0.15) is 17.2 Å². The number of fused-ring (bicyclic) bond motifs is 1. The number of Topliss-reactive ketones (excluding diaryl/α,β-unsaturated/α-hetero) is 1. The van der Waals surface area contributed by atoms with Gasteiger partial charge in [0, 0.05) is 44.7 Å². The fourth-order valence-corrected chi connectivity index (χ4v) is 4.69. The first kappa shape index (κ1) is 22.6. The second kappa shape index (κ2) is 9.13. The average molecular weight is 460 g/mol. The first-order valence-corrected chi connectivity index (χ1v) is 11.6.